The number of fused-ring (bicyclic) bond motifs is 12. The molecular formula is C58H42N4. The lowest BCUT2D eigenvalue weighted by molar-refractivity contribution is 1.24. The highest BCUT2D eigenvalue weighted by molar-refractivity contribution is 6.29. The summed E-state index contributed by atoms with van der Waals surface area (Å²) in [4.78, 5) is 3.61. The third-order valence-corrected chi connectivity index (χ3v) is 12.9. The molecule has 0 saturated carbocycles. The zero-order chi connectivity index (χ0) is 50.1. The van der Waals surface area contributed by atoms with Gasteiger partial charge in [-0.3, -0.25) is 0 Å². The minimum Gasteiger partial charge on any atom is -0.310 e. The molecule has 0 fully saturated rings. The molecule has 0 radical (unpaired) electrons. The molecule has 0 amide bonds. The first-order valence-electron chi connectivity index (χ1n) is 25.8. The van der Waals surface area contributed by atoms with Crippen molar-refractivity contribution < 1.29 is 13.7 Å². The van der Waals surface area contributed by atoms with Gasteiger partial charge in [0.05, 0.1) is 46.8 Å². The SMILES string of the molecule is [2H]c1c([2H])c([2H])c(N(c2ccc3c4cccc5c6cc7c(cc6n(c3c2)c45)c2cccc3c4ccc(N(c5cc(C)ccc5C)c5c([2H])c([2H])c([2H])c([2H])c5[2H])cc4n7c32)c2cc(C)ccc2C)c([2H])c1[2H]. The monoisotopic (exact) mass is 804 g/mol. The summed E-state index contributed by atoms with van der Waals surface area (Å²) in [5.41, 5.74) is 12.4. The van der Waals surface area contributed by atoms with Gasteiger partial charge in [-0.15, -0.1) is 0 Å². The molecule has 4 aromatic heterocycles. The number of hydrogen-bond donors (Lipinski definition) is 0. The van der Waals surface area contributed by atoms with Crippen molar-refractivity contribution in [2.75, 3.05) is 9.80 Å². The summed E-state index contributed by atoms with van der Waals surface area (Å²) in [6.07, 6.45) is 0. The topological polar surface area (TPSA) is 15.3 Å². The molecule has 0 unspecified atom stereocenters. The number of anilines is 6. The molecule has 4 nitrogen and oxygen atoms in total. The van der Waals surface area contributed by atoms with E-state index in [4.69, 9.17) is 13.7 Å². The van der Waals surface area contributed by atoms with Crippen LogP contribution in [0.5, 0.6) is 0 Å². The highest BCUT2D eigenvalue weighted by atomic mass is 15.2. The van der Waals surface area contributed by atoms with Crippen LogP contribution in [0.4, 0.5) is 34.1 Å². The molecule has 4 heterocycles. The first-order valence-corrected chi connectivity index (χ1v) is 20.8. The van der Waals surface area contributed by atoms with Gasteiger partial charge < -0.3 is 18.6 Å². The highest BCUT2D eigenvalue weighted by Crippen LogP contribution is 2.47. The van der Waals surface area contributed by atoms with Gasteiger partial charge in [0.2, 0.25) is 0 Å². The third kappa shape index (κ3) is 4.83. The second-order valence-electron chi connectivity index (χ2n) is 16.6. The molecule has 0 saturated heterocycles. The smallest absolute Gasteiger partial charge is 0.0645 e. The Hall–Kier alpha value is -7.82. The zero-order valence-electron chi connectivity index (χ0n) is 44.3. The minimum atomic E-state index is -0.448. The Labute approximate surface area is 373 Å². The van der Waals surface area contributed by atoms with Gasteiger partial charge in [-0.2, -0.15) is 0 Å². The van der Waals surface area contributed by atoms with Gasteiger partial charge in [-0.1, -0.05) is 109 Å². The van der Waals surface area contributed by atoms with Gasteiger partial charge in [0.1, 0.15) is 0 Å². The van der Waals surface area contributed by atoms with Crippen molar-refractivity contribution >= 4 is 110 Å². The maximum Gasteiger partial charge on any atom is 0.0645 e. The largest absolute Gasteiger partial charge is 0.310 e. The molecule has 0 aliphatic heterocycles. The number of hydrogen-bond acceptors (Lipinski definition) is 2. The Morgan fingerprint density at radius 3 is 1.16 bits per heavy atom. The fourth-order valence-corrected chi connectivity index (χ4v) is 10.1. The maximum atomic E-state index is 9.14. The van der Waals surface area contributed by atoms with Crippen LogP contribution in [0.3, 0.4) is 0 Å². The number of nitrogens with zero attached hydrogens (tertiary/aromatic N) is 4. The predicted octanol–water partition coefficient (Wildman–Crippen LogP) is 16.2. The van der Waals surface area contributed by atoms with E-state index in [0.717, 1.165) is 98.4 Å². The van der Waals surface area contributed by atoms with Gasteiger partial charge in [0.15, 0.2) is 0 Å². The number of aromatic nitrogens is 2. The van der Waals surface area contributed by atoms with Crippen LogP contribution in [0.1, 0.15) is 36.0 Å². The van der Waals surface area contributed by atoms with E-state index in [1.54, 1.807) is 9.80 Å². The molecule has 62 heavy (non-hydrogen) atoms. The van der Waals surface area contributed by atoms with Crippen LogP contribution in [0.15, 0.2) is 182 Å². The summed E-state index contributed by atoms with van der Waals surface area (Å²) in [7, 11) is 0. The summed E-state index contributed by atoms with van der Waals surface area (Å²) >= 11 is 0. The second-order valence-corrected chi connectivity index (χ2v) is 16.6. The van der Waals surface area contributed by atoms with Gasteiger partial charge in [-0.25, -0.2) is 0 Å². The summed E-state index contributed by atoms with van der Waals surface area (Å²) in [5, 5.41) is 8.35. The van der Waals surface area contributed by atoms with E-state index in [1.165, 1.54) is 0 Å². The third-order valence-electron chi connectivity index (χ3n) is 12.9. The number of para-hydroxylation sites is 4. The molecule has 0 bridgehead atoms. The minimum absolute atomic E-state index is 0.0707. The van der Waals surface area contributed by atoms with E-state index >= 15 is 0 Å². The fourth-order valence-electron chi connectivity index (χ4n) is 10.1. The Morgan fingerprint density at radius 1 is 0.355 bits per heavy atom. The number of rotatable bonds is 6. The average molecular weight is 805 g/mol. The quantitative estimate of drug-likeness (QED) is 0.166. The van der Waals surface area contributed by atoms with E-state index in [0.29, 0.717) is 22.7 Å². The number of benzene rings is 9. The van der Waals surface area contributed by atoms with Crippen molar-refractivity contribution in [3.63, 3.8) is 0 Å². The Balaban J connectivity index is 1.09. The first-order chi connectivity index (χ1) is 34.5. The summed E-state index contributed by atoms with van der Waals surface area (Å²) in [6, 6.07) is 37.8. The lowest BCUT2D eigenvalue weighted by Crippen LogP contribution is -2.11. The summed E-state index contributed by atoms with van der Waals surface area (Å²) < 4.78 is 92.6. The van der Waals surface area contributed by atoms with Crippen molar-refractivity contribution in [3.05, 3.63) is 204 Å². The molecule has 9 aromatic carbocycles. The normalized spacial score (nSPS) is 14.5. The Bertz CT molecular complexity index is 4190. The first kappa shape index (κ1) is 26.4. The van der Waals surface area contributed by atoms with E-state index in [-0.39, 0.29) is 35.5 Å². The molecule has 0 aliphatic carbocycles. The average Bonchev–Trinajstić information content (AvgIpc) is 4.10. The second kappa shape index (κ2) is 12.8. The van der Waals surface area contributed by atoms with Gasteiger partial charge in [-0.05, 0) is 123 Å². The summed E-state index contributed by atoms with van der Waals surface area (Å²) in [6.45, 7) is 7.89. The van der Waals surface area contributed by atoms with Crippen molar-refractivity contribution in [3.8, 4) is 0 Å². The van der Waals surface area contributed by atoms with E-state index < -0.39 is 36.3 Å². The van der Waals surface area contributed by atoms with Crippen LogP contribution in [0, 0.1) is 27.7 Å². The predicted molar refractivity (Wildman–Crippen MR) is 264 cm³/mol. The van der Waals surface area contributed by atoms with Crippen molar-refractivity contribution in [1.29, 1.82) is 0 Å². The van der Waals surface area contributed by atoms with Gasteiger partial charge in [0, 0.05) is 77.2 Å². The fraction of sp³-hybridized carbons (Fsp3) is 0.0690. The Morgan fingerprint density at radius 2 is 0.742 bits per heavy atom. The van der Waals surface area contributed by atoms with Crippen LogP contribution in [0.25, 0.3) is 76.2 Å². The maximum absolute atomic E-state index is 9.14. The molecule has 0 atom stereocenters. The summed E-state index contributed by atoms with van der Waals surface area (Å²) in [5.74, 6) is 0. The molecular weight excluding hydrogens is 753 g/mol. The van der Waals surface area contributed by atoms with Crippen LogP contribution in [-0.2, 0) is 0 Å². The van der Waals surface area contributed by atoms with E-state index in [2.05, 4.69) is 81.6 Å². The molecule has 13 rings (SSSR count). The molecule has 0 N–H and O–H groups in total. The van der Waals surface area contributed by atoms with Crippen molar-refractivity contribution in [2.24, 2.45) is 0 Å². The van der Waals surface area contributed by atoms with Gasteiger partial charge in [0.25, 0.3) is 0 Å². The van der Waals surface area contributed by atoms with Crippen molar-refractivity contribution in [2.45, 2.75) is 27.7 Å². The number of aryl methyl sites for hydroxylation is 4. The zero-order valence-corrected chi connectivity index (χ0v) is 34.3. The van der Waals surface area contributed by atoms with Crippen LogP contribution >= 0.6 is 0 Å². The Kier molecular flexibility index (Phi) is 5.47. The molecule has 0 spiro atoms. The lowest BCUT2D eigenvalue weighted by atomic mass is 10.0. The highest BCUT2D eigenvalue weighted by Gasteiger charge is 2.25. The van der Waals surface area contributed by atoms with Gasteiger partial charge >= 0.3 is 0 Å². The molecule has 294 valence electrons. The van der Waals surface area contributed by atoms with E-state index in [1.807, 2.05) is 76.2 Å². The molecule has 0 aliphatic rings. The standard InChI is InChI=1S/C58H42N4/c1-35-21-23-37(3)51(29-35)59(39-13-7-5-8-14-39)41-25-27-43-45-17-11-19-47-49-34-56-50(33-55(49)61(57(45)47)53(43)31-41)48-20-12-18-46-44-28-26-42(32-54(44)62(56)58(46)48)60(40-15-9-6-10-16-40)52-30-36(2)22-24-38(52)4/h5-34H,1-4H3/i5D,6D,7D,8D,9D,10D,13D,14D,15D,16D. The lowest BCUT2D eigenvalue weighted by Gasteiger charge is -2.27. The van der Waals surface area contributed by atoms with Crippen LogP contribution in [-0.4, -0.2) is 8.80 Å². The van der Waals surface area contributed by atoms with Crippen molar-refractivity contribution in [1.82, 2.24) is 8.80 Å². The van der Waals surface area contributed by atoms with Crippen LogP contribution < -0.4 is 9.80 Å². The van der Waals surface area contributed by atoms with E-state index in [9.17, 15) is 0 Å². The molecule has 4 heteroatoms. The molecule has 13 aromatic rings. The van der Waals surface area contributed by atoms with Crippen LogP contribution in [0.2, 0.25) is 0 Å².